The third-order valence-corrected chi connectivity index (χ3v) is 5.48. The zero-order valence-electron chi connectivity index (χ0n) is 17.4. The molecule has 162 valence electrons. The van der Waals surface area contributed by atoms with Crippen molar-refractivity contribution in [2.45, 2.75) is 32.6 Å². The summed E-state index contributed by atoms with van der Waals surface area (Å²) in [6.07, 6.45) is 2.58. The van der Waals surface area contributed by atoms with E-state index in [1.807, 2.05) is 25.1 Å². The number of hydrogen-bond donors (Lipinski definition) is 1. The van der Waals surface area contributed by atoms with Crippen molar-refractivity contribution in [3.8, 4) is 17.2 Å². The lowest BCUT2D eigenvalue weighted by molar-refractivity contribution is -0.136. The number of benzene rings is 2. The van der Waals surface area contributed by atoms with Crippen LogP contribution in [-0.2, 0) is 17.6 Å². The highest BCUT2D eigenvalue weighted by atomic mass is 19.1. The van der Waals surface area contributed by atoms with E-state index in [2.05, 4.69) is 9.88 Å². The van der Waals surface area contributed by atoms with Crippen molar-refractivity contribution in [3.63, 3.8) is 0 Å². The predicted molar refractivity (Wildman–Crippen MR) is 115 cm³/mol. The smallest absolute Gasteiger partial charge is 0.305 e. The van der Waals surface area contributed by atoms with Crippen LogP contribution in [0.3, 0.4) is 0 Å². The normalized spacial score (nSPS) is 13.2. The fourth-order valence-electron chi connectivity index (χ4n) is 3.90. The van der Waals surface area contributed by atoms with Crippen molar-refractivity contribution in [3.05, 3.63) is 65.3 Å². The zero-order chi connectivity index (χ0) is 21.8. The monoisotopic (exact) mass is 424 g/mol. The van der Waals surface area contributed by atoms with Crippen molar-refractivity contribution >= 4 is 11.7 Å². The molecule has 1 N–H and O–H groups in total. The van der Waals surface area contributed by atoms with Gasteiger partial charge >= 0.3 is 5.97 Å². The SMILES string of the molecule is Cc1oc(-c2ccc(F)cc2)nc1CCOc1cccc2c1CCCN2CCC(=O)O. The number of oxazole rings is 1. The molecule has 7 heteroatoms. The minimum absolute atomic E-state index is 0.117. The maximum absolute atomic E-state index is 13.1. The number of anilines is 1. The largest absolute Gasteiger partial charge is 0.493 e. The summed E-state index contributed by atoms with van der Waals surface area (Å²) in [5.74, 6) is 0.935. The van der Waals surface area contributed by atoms with E-state index in [9.17, 15) is 9.18 Å². The molecule has 4 rings (SSSR count). The Kier molecular flexibility index (Phi) is 6.21. The number of carboxylic acid groups (broad SMARTS) is 1. The van der Waals surface area contributed by atoms with Gasteiger partial charge in [-0.15, -0.1) is 0 Å². The first-order chi connectivity index (χ1) is 15.0. The van der Waals surface area contributed by atoms with E-state index < -0.39 is 5.97 Å². The first kappa shape index (κ1) is 20.9. The molecule has 6 nitrogen and oxygen atoms in total. The van der Waals surface area contributed by atoms with Crippen LogP contribution in [0.2, 0.25) is 0 Å². The molecule has 0 aliphatic carbocycles. The molecule has 0 unspecified atom stereocenters. The van der Waals surface area contributed by atoms with E-state index in [0.717, 1.165) is 53.4 Å². The number of aryl methyl sites for hydroxylation is 1. The van der Waals surface area contributed by atoms with Gasteiger partial charge in [0.05, 0.1) is 18.7 Å². The predicted octanol–water partition coefficient (Wildman–Crippen LogP) is 4.64. The van der Waals surface area contributed by atoms with Gasteiger partial charge in [-0.3, -0.25) is 4.79 Å². The van der Waals surface area contributed by atoms with Crippen LogP contribution in [0.1, 0.15) is 29.9 Å². The highest BCUT2D eigenvalue weighted by molar-refractivity contribution is 5.68. The van der Waals surface area contributed by atoms with Crippen LogP contribution < -0.4 is 9.64 Å². The number of halogens is 1. The first-order valence-electron chi connectivity index (χ1n) is 10.4. The van der Waals surface area contributed by atoms with Crippen LogP contribution in [0.5, 0.6) is 5.75 Å². The van der Waals surface area contributed by atoms with Gasteiger partial charge in [-0.25, -0.2) is 9.37 Å². The van der Waals surface area contributed by atoms with E-state index >= 15 is 0 Å². The van der Waals surface area contributed by atoms with Crippen molar-refractivity contribution in [2.24, 2.45) is 0 Å². The number of carbonyl (C=O) groups is 1. The molecule has 0 amide bonds. The summed E-state index contributed by atoms with van der Waals surface area (Å²) < 4.78 is 25.0. The Morgan fingerprint density at radius 2 is 2.06 bits per heavy atom. The van der Waals surface area contributed by atoms with Gasteiger partial charge in [-0.05, 0) is 56.2 Å². The Bertz CT molecular complexity index is 1060. The highest BCUT2D eigenvalue weighted by Gasteiger charge is 2.21. The van der Waals surface area contributed by atoms with E-state index in [0.29, 0.717) is 25.5 Å². The summed E-state index contributed by atoms with van der Waals surface area (Å²) in [5.41, 5.74) is 3.73. The molecule has 0 radical (unpaired) electrons. The number of aliphatic carboxylic acids is 1. The second kappa shape index (κ2) is 9.20. The van der Waals surface area contributed by atoms with E-state index in [4.69, 9.17) is 14.3 Å². The van der Waals surface area contributed by atoms with Crippen LogP contribution in [-0.4, -0.2) is 35.8 Å². The topological polar surface area (TPSA) is 75.8 Å². The molecule has 1 aromatic heterocycles. The molecule has 1 aliphatic rings. The van der Waals surface area contributed by atoms with Crippen molar-refractivity contribution in [2.75, 3.05) is 24.6 Å². The number of hydrogen-bond acceptors (Lipinski definition) is 5. The van der Waals surface area contributed by atoms with Gasteiger partial charge in [0.25, 0.3) is 0 Å². The maximum Gasteiger partial charge on any atom is 0.305 e. The fraction of sp³-hybridized carbons (Fsp3) is 0.333. The molecule has 3 aromatic rings. The first-order valence-corrected chi connectivity index (χ1v) is 10.4. The van der Waals surface area contributed by atoms with Crippen LogP contribution in [0.4, 0.5) is 10.1 Å². The summed E-state index contributed by atoms with van der Waals surface area (Å²) >= 11 is 0. The van der Waals surface area contributed by atoms with Crippen LogP contribution in [0.25, 0.3) is 11.5 Å². The second-order valence-corrected chi connectivity index (χ2v) is 7.62. The molecule has 0 fully saturated rings. The number of ether oxygens (including phenoxy) is 1. The van der Waals surface area contributed by atoms with Crippen LogP contribution >= 0.6 is 0 Å². The lowest BCUT2D eigenvalue weighted by Crippen LogP contribution is -2.31. The zero-order valence-corrected chi connectivity index (χ0v) is 17.4. The molecule has 0 saturated heterocycles. The highest BCUT2D eigenvalue weighted by Crippen LogP contribution is 2.34. The van der Waals surface area contributed by atoms with Crippen molar-refractivity contribution in [1.29, 1.82) is 0 Å². The summed E-state index contributed by atoms with van der Waals surface area (Å²) in [6, 6.07) is 12.0. The average Bonchev–Trinajstić information content (AvgIpc) is 3.13. The fourth-order valence-corrected chi connectivity index (χ4v) is 3.90. The second-order valence-electron chi connectivity index (χ2n) is 7.62. The molecule has 0 bridgehead atoms. The van der Waals surface area contributed by atoms with Crippen molar-refractivity contribution in [1.82, 2.24) is 4.98 Å². The number of carboxylic acids is 1. The van der Waals surface area contributed by atoms with Gasteiger partial charge in [0.15, 0.2) is 0 Å². The lowest BCUT2D eigenvalue weighted by Gasteiger charge is -2.32. The molecule has 0 saturated carbocycles. The molecular formula is C24H25FN2O4. The minimum atomic E-state index is -0.789. The molecule has 2 aromatic carbocycles. The average molecular weight is 424 g/mol. The Balaban J connectivity index is 1.42. The standard InChI is InChI=1S/C24H25FN2O4/c1-16-20(26-24(31-16)17-7-9-18(25)10-8-17)12-15-30-22-6-2-5-21-19(22)4-3-13-27(21)14-11-23(28)29/h2,5-10H,3-4,11-15H2,1H3,(H,28,29). The molecule has 2 heterocycles. The molecule has 31 heavy (non-hydrogen) atoms. The molecule has 0 atom stereocenters. The maximum atomic E-state index is 13.1. The quantitative estimate of drug-likeness (QED) is 0.568. The van der Waals surface area contributed by atoms with Gasteiger partial charge in [0.2, 0.25) is 5.89 Å². The van der Waals surface area contributed by atoms with Crippen LogP contribution in [0, 0.1) is 12.7 Å². The third kappa shape index (κ3) is 4.87. The summed E-state index contributed by atoms with van der Waals surface area (Å²) in [4.78, 5) is 17.6. The Morgan fingerprint density at radius 3 is 2.84 bits per heavy atom. The van der Waals surface area contributed by atoms with Gasteiger partial charge < -0.3 is 19.2 Å². The van der Waals surface area contributed by atoms with Gasteiger partial charge in [0, 0.05) is 36.3 Å². The number of nitrogens with zero attached hydrogens (tertiary/aromatic N) is 2. The van der Waals surface area contributed by atoms with Gasteiger partial charge in [0.1, 0.15) is 17.3 Å². The van der Waals surface area contributed by atoms with Gasteiger partial charge in [-0.2, -0.15) is 0 Å². The third-order valence-electron chi connectivity index (χ3n) is 5.48. The molecular weight excluding hydrogens is 399 g/mol. The lowest BCUT2D eigenvalue weighted by atomic mass is 10.0. The number of fused-ring (bicyclic) bond motifs is 1. The number of rotatable bonds is 8. The Hall–Kier alpha value is -3.35. The molecule has 0 spiro atoms. The van der Waals surface area contributed by atoms with Crippen LogP contribution in [0.15, 0.2) is 46.9 Å². The van der Waals surface area contributed by atoms with Crippen molar-refractivity contribution < 1.29 is 23.4 Å². The molecule has 1 aliphatic heterocycles. The summed E-state index contributed by atoms with van der Waals surface area (Å²) in [7, 11) is 0. The Morgan fingerprint density at radius 1 is 1.26 bits per heavy atom. The van der Waals surface area contributed by atoms with E-state index in [1.54, 1.807) is 12.1 Å². The van der Waals surface area contributed by atoms with E-state index in [-0.39, 0.29) is 12.2 Å². The van der Waals surface area contributed by atoms with Gasteiger partial charge in [-0.1, -0.05) is 6.07 Å². The number of aromatic nitrogens is 1. The Labute approximate surface area is 180 Å². The summed E-state index contributed by atoms with van der Waals surface area (Å²) in [5, 5.41) is 9.00. The minimum Gasteiger partial charge on any atom is -0.493 e. The van der Waals surface area contributed by atoms with E-state index in [1.165, 1.54) is 12.1 Å². The summed E-state index contributed by atoms with van der Waals surface area (Å²) in [6.45, 7) is 3.66.